The van der Waals surface area contributed by atoms with Crippen molar-refractivity contribution in [1.29, 1.82) is 0 Å². The molecule has 0 fully saturated rings. The third-order valence-electron chi connectivity index (χ3n) is 1.42. The Labute approximate surface area is 90.1 Å². The Hall–Kier alpha value is -1.47. The molecule has 0 saturated heterocycles. The fourth-order valence-corrected chi connectivity index (χ4v) is 0.940. The van der Waals surface area contributed by atoms with Crippen molar-refractivity contribution < 1.29 is 27.5 Å². The van der Waals surface area contributed by atoms with E-state index >= 15 is 0 Å². The van der Waals surface area contributed by atoms with Crippen LogP contribution in [0.1, 0.15) is 20.3 Å². The van der Waals surface area contributed by atoms with E-state index in [0.717, 1.165) is 0 Å². The molecule has 0 aliphatic rings. The second-order valence-corrected chi connectivity index (χ2v) is 3.84. The van der Waals surface area contributed by atoms with Gasteiger partial charge in [-0.1, -0.05) is 0 Å². The number of ether oxygens (including phenoxy) is 1. The van der Waals surface area contributed by atoms with Crippen LogP contribution in [0.15, 0.2) is 0 Å². The highest BCUT2D eigenvalue weighted by Gasteiger charge is 2.31. The number of carbonyl (C=O) groups excluding carboxylic acids is 2. The van der Waals surface area contributed by atoms with Crippen molar-refractivity contribution in [3.63, 3.8) is 0 Å². The molecule has 3 N–H and O–H groups in total. The van der Waals surface area contributed by atoms with Gasteiger partial charge in [-0.25, -0.2) is 4.79 Å². The highest BCUT2D eigenvalue weighted by atomic mass is 19.4. The average molecular weight is 242 g/mol. The van der Waals surface area contributed by atoms with Crippen LogP contribution in [0, 0.1) is 0 Å². The number of alkyl carbamates (subject to hydrolysis) is 1. The number of alkyl halides is 3. The van der Waals surface area contributed by atoms with Crippen LogP contribution < -0.4 is 11.1 Å². The minimum absolute atomic E-state index is 0.200. The molecule has 94 valence electrons. The van der Waals surface area contributed by atoms with Crippen molar-refractivity contribution >= 4 is 12.0 Å². The number of carbonyl (C=O) groups is 2. The predicted octanol–water partition coefficient (Wildman–Crippen LogP) is 0.929. The summed E-state index contributed by atoms with van der Waals surface area (Å²) in [6.45, 7) is 1.20. The molecule has 5 nitrogen and oxygen atoms in total. The molecule has 0 saturated carbocycles. The molecule has 0 aliphatic heterocycles. The quantitative estimate of drug-likeness (QED) is 0.769. The van der Waals surface area contributed by atoms with Crippen LogP contribution in [-0.4, -0.2) is 30.3 Å². The van der Waals surface area contributed by atoms with Crippen molar-refractivity contribution in [2.75, 3.05) is 6.61 Å². The molecule has 0 aromatic carbocycles. The first kappa shape index (κ1) is 14.5. The molecule has 0 atom stereocenters. The van der Waals surface area contributed by atoms with Crippen LogP contribution in [0.2, 0.25) is 0 Å². The van der Waals surface area contributed by atoms with E-state index in [0.29, 0.717) is 0 Å². The average Bonchev–Trinajstić information content (AvgIpc) is 1.95. The molecule has 0 aliphatic carbocycles. The second kappa shape index (κ2) is 5.04. The summed E-state index contributed by atoms with van der Waals surface area (Å²) >= 11 is 0. The fraction of sp³-hybridized carbons (Fsp3) is 0.750. The van der Waals surface area contributed by atoms with Crippen molar-refractivity contribution in [1.82, 2.24) is 5.32 Å². The number of primary amides is 1. The zero-order chi connectivity index (χ0) is 13.0. The van der Waals surface area contributed by atoms with E-state index in [9.17, 15) is 22.8 Å². The van der Waals surface area contributed by atoms with E-state index in [1.807, 2.05) is 0 Å². The first-order chi connectivity index (χ1) is 7.02. The summed E-state index contributed by atoms with van der Waals surface area (Å²) in [6, 6.07) is 0. The Bertz CT molecular complexity index is 276. The Kier molecular flexibility index (Phi) is 4.58. The Balaban J connectivity index is 4.09. The number of nitrogens with one attached hydrogen (secondary N) is 1. The van der Waals surface area contributed by atoms with Gasteiger partial charge in [-0.3, -0.25) is 4.79 Å². The van der Waals surface area contributed by atoms with Crippen LogP contribution in [0.25, 0.3) is 0 Å². The molecule has 0 unspecified atom stereocenters. The van der Waals surface area contributed by atoms with Gasteiger partial charge in [0.2, 0.25) is 5.91 Å². The van der Waals surface area contributed by atoms with Gasteiger partial charge in [-0.2, -0.15) is 13.2 Å². The molecular formula is C8H13F3N2O3. The van der Waals surface area contributed by atoms with E-state index in [-0.39, 0.29) is 6.42 Å². The van der Waals surface area contributed by atoms with Crippen molar-refractivity contribution in [2.24, 2.45) is 5.73 Å². The topological polar surface area (TPSA) is 81.4 Å². The first-order valence-electron chi connectivity index (χ1n) is 4.32. The number of hydrogen-bond donors (Lipinski definition) is 2. The summed E-state index contributed by atoms with van der Waals surface area (Å²) in [5.74, 6) is -0.680. The summed E-state index contributed by atoms with van der Waals surface area (Å²) in [6.07, 6.45) is -6.03. The van der Waals surface area contributed by atoms with Gasteiger partial charge in [0.25, 0.3) is 0 Å². The van der Waals surface area contributed by atoms with Gasteiger partial charge >= 0.3 is 12.3 Å². The Morgan fingerprint density at radius 2 is 1.81 bits per heavy atom. The summed E-state index contributed by atoms with van der Waals surface area (Å²) in [5.41, 5.74) is 3.84. The standard InChI is InChI=1S/C8H13F3N2O3/c1-7(2,3-5(12)14)13-6(15)16-4-8(9,10)11/h3-4H2,1-2H3,(H2,12,14)(H,13,15). The number of nitrogens with two attached hydrogens (primary N) is 1. The molecular weight excluding hydrogens is 229 g/mol. The van der Waals surface area contributed by atoms with Gasteiger partial charge in [0.15, 0.2) is 6.61 Å². The van der Waals surface area contributed by atoms with Crippen molar-refractivity contribution in [2.45, 2.75) is 32.0 Å². The van der Waals surface area contributed by atoms with Crippen LogP contribution >= 0.6 is 0 Å². The van der Waals surface area contributed by atoms with Gasteiger partial charge in [-0.05, 0) is 13.8 Å². The lowest BCUT2D eigenvalue weighted by molar-refractivity contribution is -0.160. The lowest BCUT2D eigenvalue weighted by Gasteiger charge is -2.24. The highest BCUT2D eigenvalue weighted by molar-refractivity contribution is 5.76. The number of amides is 2. The van der Waals surface area contributed by atoms with E-state index in [1.165, 1.54) is 13.8 Å². The summed E-state index contributed by atoms with van der Waals surface area (Å²) in [7, 11) is 0. The van der Waals surface area contributed by atoms with Crippen LogP contribution in [0.5, 0.6) is 0 Å². The molecule has 0 bridgehead atoms. The highest BCUT2D eigenvalue weighted by Crippen LogP contribution is 2.15. The maximum Gasteiger partial charge on any atom is 0.422 e. The smallest absolute Gasteiger partial charge is 0.422 e. The predicted molar refractivity (Wildman–Crippen MR) is 48.4 cm³/mol. The van der Waals surface area contributed by atoms with E-state index in [4.69, 9.17) is 5.73 Å². The van der Waals surface area contributed by atoms with E-state index < -0.39 is 30.3 Å². The molecule has 0 aromatic rings. The third kappa shape index (κ3) is 7.89. The van der Waals surface area contributed by atoms with Crippen LogP contribution in [-0.2, 0) is 9.53 Å². The SMILES string of the molecule is CC(C)(CC(N)=O)NC(=O)OCC(F)(F)F. The summed E-state index contributed by atoms with van der Waals surface area (Å²) in [5, 5.41) is 2.10. The molecule has 0 radical (unpaired) electrons. The van der Waals surface area contributed by atoms with Gasteiger partial charge in [0, 0.05) is 12.0 Å². The maximum absolute atomic E-state index is 11.7. The number of halogens is 3. The first-order valence-corrected chi connectivity index (χ1v) is 4.32. The Morgan fingerprint density at radius 1 is 1.31 bits per heavy atom. The molecule has 2 amide bonds. The lowest BCUT2D eigenvalue weighted by Crippen LogP contribution is -2.46. The molecule has 0 rings (SSSR count). The minimum atomic E-state index is -4.58. The minimum Gasteiger partial charge on any atom is -0.440 e. The largest absolute Gasteiger partial charge is 0.440 e. The van der Waals surface area contributed by atoms with Crippen molar-refractivity contribution in [3.8, 4) is 0 Å². The third-order valence-corrected chi connectivity index (χ3v) is 1.42. The lowest BCUT2D eigenvalue weighted by atomic mass is 10.0. The zero-order valence-electron chi connectivity index (χ0n) is 8.85. The summed E-state index contributed by atoms with van der Waals surface area (Å²) < 4.78 is 38.9. The maximum atomic E-state index is 11.7. The van der Waals surface area contributed by atoms with E-state index in [2.05, 4.69) is 10.1 Å². The van der Waals surface area contributed by atoms with Crippen LogP contribution in [0.4, 0.5) is 18.0 Å². The molecule has 8 heteroatoms. The summed E-state index contributed by atoms with van der Waals surface area (Å²) in [4.78, 5) is 21.5. The Morgan fingerprint density at radius 3 is 2.19 bits per heavy atom. The molecule has 0 spiro atoms. The van der Waals surface area contributed by atoms with Crippen LogP contribution in [0.3, 0.4) is 0 Å². The zero-order valence-corrected chi connectivity index (χ0v) is 8.85. The second-order valence-electron chi connectivity index (χ2n) is 3.84. The molecule has 16 heavy (non-hydrogen) atoms. The van der Waals surface area contributed by atoms with Gasteiger partial charge in [0.1, 0.15) is 0 Å². The molecule has 0 aromatic heterocycles. The van der Waals surface area contributed by atoms with E-state index in [1.54, 1.807) is 0 Å². The monoisotopic (exact) mass is 242 g/mol. The normalized spacial score (nSPS) is 12.1. The van der Waals surface area contributed by atoms with Gasteiger partial charge in [-0.15, -0.1) is 0 Å². The van der Waals surface area contributed by atoms with Gasteiger partial charge < -0.3 is 15.8 Å². The number of hydrogen-bond acceptors (Lipinski definition) is 3. The number of rotatable bonds is 4. The van der Waals surface area contributed by atoms with Gasteiger partial charge in [0.05, 0.1) is 0 Å². The molecule has 0 heterocycles. The van der Waals surface area contributed by atoms with Crippen molar-refractivity contribution in [3.05, 3.63) is 0 Å². The fourth-order valence-electron chi connectivity index (χ4n) is 0.940.